The average Bonchev–Trinajstić information content (AvgIpc) is 2.50. The highest BCUT2D eigenvalue weighted by molar-refractivity contribution is 14.0. The maximum atomic E-state index is 5.37. The SMILES string of the molecule is CCNC(=NCc1cc(OC)c(OC)c(OC)c1)NC(C)(C)C.I. The first-order chi connectivity index (χ1) is 10.8. The molecule has 24 heavy (non-hydrogen) atoms. The molecule has 0 heterocycles. The van der Waals surface area contributed by atoms with Crippen LogP contribution in [0.1, 0.15) is 33.3 Å². The Hall–Kier alpha value is -1.38. The van der Waals surface area contributed by atoms with E-state index in [0.717, 1.165) is 18.1 Å². The summed E-state index contributed by atoms with van der Waals surface area (Å²) >= 11 is 0. The van der Waals surface area contributed by atoms with Gasteiger partial charge in [-0.25, -0.2) is 4.99 Å². The molecule has 0 aromatic heterocycles. The van der Waals surface area contributed by atoms with Gasteiger partial charge < -0.3 is 24.8 Å². The quantitative estimate of drug-likeness (QED) is 0.395. The van der Waals surface area contributed by atoms with E-state index in [1.807, 2.05) is 19.1 Å². The van der Waals surface area contributed by atoms with E-state index in [2.05, 4.69) is 36.4 Å². The lowest BCUT2D eigenvalue weighted by Crippen LogP contribution is -2.47. The normalized spacial score (nSPS) is 11.4. The number of hydrogen-bond acceptors (Lipinski definition) is 4. The zero-order valence-corrected chi connectivity index (χ0v) is 18.0. The summed E-state index contributed by atoms with van der Waals surface area (Å²) in [6.45, 7) is 9.64. The lowest BCUT2D eigenvalue weighted by molar-refractivity contribution is 0.324. The van der Waals surface area contributed by atoms with E-state index < -0.39 is 0 Å². The minimum atomic E-state index is -0.0592. The number of guanidine groups is 1. The van der Waals surface area contributed by atoms with E-state index >= 15 is 0 Å². The Morgan fingerprint density at radius 3 is 1.96 bits per heavy atom. The van der Waals surface area contributed by atoms with Crippen LogP contribution in [-0.2, 0) is 6.54 Å². The Bertz CT molecular complexity index is 517. The van der Waals surface area contributed by atoms with Crippen molar-refractivity contribution in [2.45, 2.75) is 39.8 Å². The molecule has 138 valence electrons. The molecule has 6 nitrogen and oxygen atoms in total. The van der Waals surface area contributed by atoms with Crippen LogP contribution in [-0.4, -0.2) is 39.4 Å². The molecule has 0 aliphatic carbocycles. The molecule has 0 amide bonds. The lowest BCUT2D eigenvalue weighted by atomic mass is 10.1. The van der Waals surface area contributed by atoms with Gasteiger partial charge in [-0.3, -0.25) is 0 Å². The number of benzene rings is 1. The summed E-state index contributed by atoms with van der Waals surface area (Å²) in [5.74, 6) is 2.62. The zero-order valence-electron chi connectivity index (χ0n) is 15.6. The molecule has 1 aromatic carbocycles. The topological polar surface area (TPSA) is 64.1 Å². The monoisotopic (exact) mass is 451 g/mol. The summed E-state index contributed by atoms with van der Waals surface area (Å²) in [7, 11) is 4.81. The van der Waals surface area contributed by atoms with Gasteiger partial charge in [-0.1, -0.05) is 0 Å². The van der Waals surface area contributed by atoms with E-state index in [1.165, 1.54) is 0 Å². The van der Waals surface area contributed by atoms with Gasteiger partial charge in [0.2, 0.25) is 5.75 Å². The molecule has 1 aromatic rings. The predicted molar refractivity (Wildman–Crippen MR) is 109 cm³/mol. The number of aliphatic imine (C=N–C) groups is 1. The van der Waals surface area contributed by atoms with Crippen molar-refractivity contribution >= 4 is 29.9 Å². The van der Waals surface area contributed by atoms with Crippen LogP contribution in [0.5, 0.6) is 17.2 Å². The van der Waals surface area contributed by atoms with Crippen molar-refractivity contribution < 1.29 is 14.2 Å². The fraction of sp³-hybridized carbons (Fsp3) is 0.588. The molecule has 1 rings (SSSR count). The van der Waals surface area contributed by atoms with Crippen LogP contribution in [0.15, 0.2) is 17.1 Å². The van der Waals surface area contributed by atoms with E-state index in [-0.39, 0.29) is 29.5 Å². The van der Waals surface area contributed by atoms with Gasteiger partial charge in [0.25, 0.3) is 0 Å². The highest BCUT2D eigenvalue weighted by Crippen LogP contribution is 2.38. The standard InChI is InChI=1S/C17H29N3O3.HI/c1-8-18-16(20-17(2,3)4)19-11-12-9-13(21-5)15(23-7)14(10-12)22-6;/h9-10H,8,11H2,1-7H3,(H2,18,19,20);1H. The average molecular weight is 451 g/mol. The van der Waals surface area contributed by atoms with Gasteiger partial charge in [0.1, 0.15) is 0 Å². The Morgan fingerprint density at radius 2 is 1.58 bits per heavy atom. The van der Waals surface area contributed by atoms with Crippen molar-refractivity contribution in [2.75, 3.05) is 27.9 Å². The van der Waals surface area contributed by atoms with Crippen molar-refractivity contribution in [3.8, 4) is 17.2 Å². The maximum absolute atomic E-state index is 5.37. The van der Waals surface area contributed by atoms with Crippen LogP contribution < -0.4 is 24.8 Å². The van der Waals surface area contributed by atoms with Crippen molar-refractivity contribution in [3.63, 3.8) is 0 Å². The van der Waals surface area contributed by atoms with E-state index in [9.17, 15) is 0 Å². The highest BCUT2D eigenvalue weighted by atomic mass is 127. The summed E-state index contributed by atoms with van der Waals surface area (Å²) in [4.78, 5) is 4.62. The number of nitrogens with one attached hydrogen (secondary N) is 2. The molecular weight excluding hydrogens is 421 g/mol. The second-order valence-electron chi connectivity index (χ2n) is 6.10. The van der Waals surface area contributed by atoms with Crippen molar-refractivity contribution in [1.29, 1.82) is 0 Å². The van der Waals surface area contributed by atoms with E-state index in [1.54, 1.807) is 21.3 Å². The summed E-state index contributed by atoms with van der Waals surface area (Å²) in [6, 6.07) is 3.82. The number of hydrogen-bond donors (Lipinski definition) is 2. The Kier molecular flexibility index (Phi) is 9.88. The maximum Gasteiger partial charge on any atom is 0.203 e. The molecule has 0 bridgehead atoms. The van der Waals surface area contributed by atoms with Crippen LogP contribution in [0.2, 0.25) is 0 Å². The third-order valence-corrected chi connectivity index (χ3v) is 2.98. The van der Waals surface area contributed by atoms with Gasteiger partial charge in [-0.15, -0.1) is 24.0 Å². The van der Waals surface area contributed by atoms with Crippen LogP contribution in [0.4, 0.5) is 0 Å². The summed E-state index contributed by atoms with van der Waals surface area (Å²) in [5, 5.41) is 6.60. The molecule has 0 fully saturated rings. The van der Waals surface area contributed by atoms with Crippen LogP contribution >= 0.6 is 24.0 Å². The van der Waals surface area contributed by atoms with Gasteiger partial charge >= 0.3 is 0 Å². The van der Waals surface area contributed by atoms with Gasteiger partial charge in [0, 0.05) is 12.1 Å². The van der Waals surface area contributed by atoms with Crippen LogP contribution in [0.25, 0.3) is 0 Å². The Labute approximate surface area is 162 Å². The molecule has 0 aliphatic heterocycles. The number of ether oxygens (including phenoxy) is 3. The van der Waals surface area contributed by atoms with E-state index in [4.69, 9.17) is 14.2 Å². The van der Waals surface area contributed by atoms with Crippen molar-refractivity contribution in [1.82, 2.24) is 10.6 Å². The third-order valence-electron chi connectivity index (χ3n) is 2.98. The first-order valence-electron chi connectivity index (χ1n) is 7.70. The third kappa shape index (κ3) is 7.02. The molecule has 0 saturated heterocycles. The summed E-state index contributed by atoms with van der Waals surface area (Å²) < 4.78 is 16.1. The Morgan fingerprint density at radius 1 is 1.04 bits per heavy atom. The van der Waals surface area contributed by atoms with Crippen molar-refractivity contribution in [2.24, 2.45) is 4.99 Å². The molecule has 0 atom stereocenters. The van der Waals surface area contributed by atoms with E-state index in [0.29, 0.717) is 23.8 Å². The van der Waals surface area contributed by atoms with Crippen LogP contribution in [0, 0.1) is 0 Å². The fourth-order valence-electron chi connectivity index (χ4n) is 2.06. The second-order valence-corrected chi connectivity index (χ2v) is 6.10. The molecule has 2 N–H and O–H groups in total. The van der Waals surface area contributed by atoms with Gasteiger partial charge in [0.15, 0.2) is 17.5 Å². The molecule has 7 heteroatoms. The molecule has 0 radical (unpaired) electrons. The Balaban J connectivity index is 0.00000529. The minimum Gasteiger partial charge on any atom is -0.493 e. The number of nitrogens with zero attached hydrogens (tertiary/aromatic N) is 1. The first kappa shape index (κ1) is 22.6. The summed E-state index contributed by atoms with van der Waals surface area (Å²) in [6.07, 6.45) is 0. The molecule has 0 spiro atoms. The number of methoxy groups -OCH3 is 3. The zero-order chi connectivity index (χ0) is 17.5. The fourth-order valence-corrected chi connectivity index (χ4v) is 2.06. The molecule has 0 saturated carbocycles. The van der Waals surface area contributed by atoms with Crippen molar-refractivity contribution in [3.05, 3.63) is 17.7 Å². The largest absolute Gasteiger partial charge is 0.493 e. The number of halogens is 1. The van der Waals surface area contributed by atoms with Crippen LogP contribution in [0.3, 0.4) is 0 Å². The van der Waals surface area contributed by atoms with Gasteiger partial charge in [-0.05, 0) is 45.4 Å². The first-order valence-corrected chi connectivity index (χ1v) is 7.70. The minimum absolute atomic E-state index is 0. The smallest absolute Gasteiger partial charge is 0.203 e. The van der Waals surface area contributed by atoms with Gasteiger partial charge in [0.05, 0.1) is 27.9 Å². The summed E-state index contributed by atoms with van der Waals surface area (Å²) in [5.41, 5.74) is 0.918. The highest BCUT2D eigenvalue weighted by Gasteiger charge is 2.14. The predicted octanol–water partition coefficient (Wildman–Crippen LogP) is 3.18. The molecule has 0 unspecified atom stereocenters. The molecule has 0 aliphatic rings. The van der Waals surface area contributed by atoms with Gasteiger partial charge in [-0.2, -0.15) is 0 Å². The molecular formula is C17H30IN3O3. The lowest BCUT2D eigenvalue weighted by Gasteiger charge is -2.23. The second kappa shape index (κ2) is 10.5. The number of rotatable bonds is 6.